The highest BCUT2D eigenvalue weighted by Gasteiger charge is 2.33. The van der Waals surface area contributed by atoms with Gasteiger partial charge in [0, 0.05) is 24.8 Å². The topological polar surface area (TPSA) is 79.3 Å². The van der Waals surface area contributed by atoms with Crippen molar-refractivity contribution in [2.24, 2.45) is 0 Å². The minimum Gasteiger partial charge on any atom is -0.406 e. The van der Waals surface area contributed by atoms with E-state index in [4.69, 9.17) is 5.11 Å². The van der Waals surface area contributed by atoms with Crippen molar-refractivity contribution < 1.29 is 36.2 Å². The van der Waals surface area contributed by atoms with E-state index in [2.05, 4.69) is 25.3 Å². The number of nitrogens with one attached hydrogen (secondary N) is 2. The average molecular weight is 472 g/mol. The van der Waals surface area contributed by atoms with Crippen molar-refractivity contribution in [3.8, 4) is 17.0 Å². The van der Waals surface area contributed by atoms with E-state index >= 15 is 0 Å². The first-order chi connectivity index (χ1) is 15.5. The Morgan fingerprint density at radius 3 is 2.36 bits per heavy atom. The third-order valence-electron chi connectivity index (χ3n) is 4.20. The number of para-hydroxylation sites is 1. The molecule has 3 aromatic rings. The van der Waals surface area contributed by atoms with Crippen LogP contribution in [0.3, 0.4) is 0 Å². The van der Waals surface area contributed by atoms with Crippen molar-refractivity contribution in [2.45, 2.75) is 19.0 Å². The molecule has 2 aromatic carbocycles. The molecule has 176 valence electrons. The van der Waals surface area contributed by atoms with Crippen LogP contribution in [0.1, 0.15) is 12.0 Å². The van der Waals surface area contributed by atoms with Gasteiger partial charge in [-0.25, -0.2) is 4.98 Å². The van der Waals surface area contributed by atoms with Gasteiger partial charge >= 0.3 is 12.5 Å². The minimum absolute atomic E-state index is 0.00934. The lowest BCUT2D eigenvalue weighted by Crippen LogP contribution is -2.17. The molecule has 0 saturated carbocycles. The fourth-order valence-corrected chi connectivity index (χ4v) is 2.85. The second kappa shape index (κ2) is 9.94. The van der Waals surface area contributed by atoms with Gasteiger partial charge in [0.1, 0.15) is 11.6 Å². The number of halogens is 6. The number of nitrogens with zero attached hydrogens (tertiary/aromatic N) is 2. The van der Waals surface area contributed by atoms with E-state index in [1.54, 1.807) is 0 Å². The van der Waals surface area contributed by atoms with E-state index in [9.17, 15) is 26.3 Å². The van der Waals surface area contributed by atoms with Gasteiger partial charge in [0.15, 0.2) is 0 Å². The van der Waals surface area contributed by atoms with Crippen molar-refractivity contribution in [2.75, 3.05) is 23.8 Å². The maximum absolute atomic E-state index is 13.3. The number of hydrogen-bond acceptors (Lipinski definition) is 6. The van der Waals surface area contributed by atoms with Crippen LogP contribution in [0.4, 0.5) is 43.8 Å². The fraction of sp³-hybridized carbons (Fsp3) is 0.238. The maximum atomic E-state index is 13.3. The molecule has 0 fully saturated rings. The first-order valence-electron chi connectivity index (χ1n) is 9.58. The second-order valence-corrected chi connectivity index (χ2v) is 6.71. The maximum Gasteiger partial charge on any atom is 0.573 e. The Labute approximate surface area is 184 Å². The summed E-state index contributed by atoms with van der Waals surface area (Å²) in [5.74, 6) is -0.495. The summed E-state index contributed by atoms with van der Waals surface area (Å²) in [6.07, 6.45) is -9.16. The first kappa shape index (κ1) is 24.1. The zero-order valence-corrected chi connectivity index (χ0v) is 16.8. The smallest absolute Gasteiger partial charge is 0.406 e. The number of rotatable bonds is 8. The van der Waals surface area contributed by atoms with Crippen LogP contribution in [0.2, 0.25) is 0 Å². The molecule has 0 aliphatic rings. The molecule has 0 unspecified atom stereocenters. The monoisotopic (exact) mass is 472 g/mol. The van der Waals surface area contributed by atoms with Gasteiger partial charge in [0.2, 0.25) is 5.95 Å². The molecule has 0 aliphatic carbocycles. The lowest BCUT2D eigenvalue weighted by molar-refractivity contribution is -0.274. The van der Waals surface area contributed by atoms with Crippen LogP contribution in [0.5, 0.6) is 5.75 Å². The number of aliphatic hydroxyl groups excluding tert-OH is 1. The van der Waals surface area contributed by atoms with Crippen molar-refractivity contribution in [3.63, 3.8) is 0 Å². The predicted molar refractivity (Wildman–Crippen MR) is 109 cm³/mol. The van der Waals surface area contributed by atoms with Crippen LogP contribution >= 0.6 is 0 Å². The molecule has 0 bridgehead atoms. The molecule has 0 saturated heterocycles. The molecule has 6 nitrogen and oxygen atoms in total. The number of aliphatic hydroxyl groups is 1. The molecule has 1 aromatic heterocycles. The number of aromatic nitrogens is 2. The number of anilines is 3. The Morgan fingerprint density at radius 1 is 0.909 bits per heavy atom. The van der Waals surface area contributed by atoms with E-state index in [-0.39, 0.29) is 41.9 Å². The zero-order valence-electron chi connectivity index (χ0n) is 16.8. The van der Waals surface area contributed by atoms with E-state index in [1.807, 2.05) is 0 Å². The third kappa shape index (κ3) is 6.97. The van der Waals surface area contributed by atoms with Crippen molar-refractivity contribution in [3.05, 3.63) is 60.2 Å². The van der Waals surface area contributed by atoms with Gasteiger partial charge in [-0.05, 0) is 30.7 Å². The molecule has 3 N–H and O–H groups in total. The summed E-state index contributed by atoms with van der Waals surface area (Å²) in [5.41, 5.74) is -0.821. The van der Waals surface area contributed by atoms with Crippen molar-refractivity contribution in [1.82, 2.24) is 9.97 Å². The molecule has 0 atom stereocenters. The van der Waals surface area contributed by atoms with Crippen LogP contribution in [0, 0.1) is 0 Å². The zero-order chi connectivity index (χ0) is 24.1. The summed E-state index contributed by atoms with van der Waals surface area (Å²) in [7, 11) is 0. The molecule has 33 heavy (non-hydrogen) atoms. The summed E-state index contributed by atoms with van der Waals surface area (Å²) in [5, 5.41) is 14.4. The van der Waals surface area contributed by atoms with Gasteiger partial charge in [-0.2, -0.15) is 18.2 Å². The predicted octanol–water partition coefficient (Wildman–Crippen LogP) is 5.60. The number of alkyl halides is 6. The molecule has 0 aliphatic heterocycles. The lowest BCUT2D eigenvalue weighted by atomic mass is 10.1. The van der Waals surface area contributed by atoms with Crippen LogP contribution in [-0.4, -0.2) is 34.6 Å². The van der Waals surface area contributed by atoms with Gasteiger partial charge in [-0.3, -0.25) is 0 Å². The van der Waals surface area contributed by atoms with Crippen LogP contribution < -0.4 is 15.4 Å². The second-order valence-electron chi connectivity index (χ2n) is 6.71. The average Bonchev–Trinajstić information content (AvgIpc) is 2.72. The van der Waals surface area contributed by atoms with Crippen molar-refractivity contribution in [1.29, 1.82) is 0 Å². The standard InChI is InChI=1S/C21H18F6N4O2/c22-20(23,24)15-7-1-2-8-16(15)29-18-12-17(30-19(31-18)28-9-4-10-32)13-5-3-6-14(11-13)33-21(25,26)27/h1-3,5-8,11-12,32H,4,9-10H2,(H2,28,29,30,31). The largest absolute Gasteiger partial charge is 0.573 e. The van der Waals surface area contributed by atoms with Gasteiger partial charge in [0.05, 0.1) is 16.9 Å². The lowest BCUT2D eigenvalue weighted by Gasteiger charge is -2.16. The third-order valence-corrected chi connectivity index (χ3v) is 4.20. The Kier molecular flexibility index (Phi) is 7.26. The van der Waals surface area contributed by atoms with E-state index < -0.39 is 23.9 Å². The quantitative estimate of drug-likeness (QED) is 0.293. The summed E-state index contributed by atoms with van der Waals surface area (Å²) < 4.78 is 81.7. The van der Waals surface area contributed by atoms with Crippen LogP contribution in [-0.2, 0) is 6.18 Å². The fourth-order valence-electron chi connectivity index (χ4n) is 2.85. The molecular weight excluding hydrogens is 454 g/mol. The molecule has 3 rings (SSSR count). The Balaban J connectivity index is 2.00. The Hall–Kier alpha value is -3.54. The summed E-state index contributed by atoms with van der Waals surface area (Å²) in [6.45, 7) is 0.142. The van der Waals surface area contributed by atoms with E-state index in [0.29, 0.717) is 6.42 Å². The van der Waals surface area contributed by atoms with Gasteiger partial charge in [-0.15, -0.1) is 13.2 Å². The number of hydrogen-bond donors (Lipinski definition) is 3. The Morgan fingerprint density at radius 2 is 1.67 bits per heavy atom. The number of benzene rings is 2. The first-order valence-corrected chi connectivity index (χ1v) is 9.58. The summed E-state index contributed by atoms with van der Waals surface area (Å²) in [6, 6.07) is 11.1. The van der Waals surface area contributed by atoms with Crippen molar-refractivity contribution >= 4 is 17.5 Å². The summed E-state index contributed by atoms with van der Waals surface area (Å²) in [4.78, 5) is 8.36. The highest BCUT2D eigenvalue weighted by Crippen LogP contribution is 2.36. The number of ether oxygens (including phenoxy) is 1. The molecule has 0 amide bonds. The SMILES string of the molecule is OCCCNc1nc(Nc2ccccc2C(F)(F)F)cc(-c2cccc(OC(F)(F)F)c2)n1. The molecule has 1 heterocycles. The molecule has 0 spiro atoms. The highest BCUT2D eigenvalue weighted by molar-refractivity contribution is 5.69. The van der Waals surface area contributed by atoms with Crippen LogP contribution in [0.25, 0.3) is 11.3 Å². The van der Waals surface area contributed by atoms with Gasteiger partial charge < -0.3 is 20.5 Å². The minimum atomic E-state index is -4.89. The van der Waals surface area contributed by atoms with E-state index in [1.165, 1.54) is 36.4 Å². The highest BCUT2D eigenvalue weighted by atomic mass is 19.4. The molecular formula is C21H18F6N4O2. The Bertz CT molecular complexity index is 1090. The van der Waals surface area contributed by atoms with Gasteiger partial charge in [0.25, 0.3) is 0 Å². The molecule has 12 heteroatoms. The summed E-state index contributed by atoms with van der Waals surface area (Å²) >= 11 is 0. The van der Waals surface area contributed by atoms with Crippen LogP contribution in [0.15, 0.2) is 54.6 Å². The normalized spacial score (nSPS) is 11.8. The van der Waals surface area contributed by atoms with E-state index in [0.717, 1.165) is 18.2 Å². The molecule has 0 radical (unpaired) electrons. The van der Waals surface area contributed by atoms with Gasteiger partial charge in [-0.1, -0.05) is 24.3 Å².